The summed E-state index contributed by atoms with van der Waals surface area (Å²) < 4.78 is 11.0. The highest BCUT2D eigenvalue weighted by molar-refractivity contribution is 5.99. The van der Waals surface area contributed by atoms with Crippen LogP contribution in [0.5, 0.6) is 17.2 Å². The van der Waals surface area contributed by atoms with Gasteiger partial charge in [0.15, 0.2) is 5.78 Å². The Morgan fingerprint density at radius 2 is 1.81 bits per heavy atom. The SMILES string of the molecule is CCCCC(=O)c1cc(Oc2ccccc2)ccc1OC. The number of unbranched alkanes of at least 4 members (excludes halogenated alkanes) is 1. The molecule has 0 aliphatic heterocycles. The van der Waals surface area contributed by atoms with Crippen molar-refractivity contribution < 1.29 is 14.3 Å². The fourth-order valence-corrected chi connectivity index (χ4v) is 2.07. The third-order valence-electron chi connectivity index (χ3n) is 3.21. The van der Waals surface area contributed by atoms with Gasteiger partial charge in [0, 0.05) is 6.42 Å². The van der Waals surface area contributed by atoms with Crippen LogP contribution in [0.2, 0.25) is 0 Å². The van der Waals surface area contributed by atoms with E-state index in [1.54, 1.807) is 19.2 Å². The van der Waals surface area contributed by atoms with Crippen LogP contribution in [0.4, 0.5) is 0 Å². The summed E-state index contributed by atoms with van der Waals surface area (Å²) >= 11 is 0. The first-order valence-electron chi connectivity index (χ1n) is 7.18. The third-order valence-corrected chi connectivity index (χ3v) is 3.21. The lowest BCUT2D eigenvalue weighted by Crippen LogP contribution is -2.02. The number of ether oxygens (including phenoxy) is 2. The molecule has 0 aromatic heterocycles. The van der Waals surface area contributed by atoms with Gasteiger partial charge in [0.1, 0.15) is 17.2 Å². The van der Waals surface area contributed by atoms with Gasteiger partial charge in [-0.2, -0.15) is 0 Å². The molecular formula is C18H20O3. The van der Waals surface area contributed by atoms with Gasteiger partial charge in [-0.3, -0.25) is 4.79 Å². The zero-order valence-electron chi connectivity index (χ0n) is 12.5. The molecule has 0 saturated heterocycles. The van der Waals surface area contributed by atoms with Gasteiger partial charge >= 0.3 is 0 Å². The molecule has 0 radical (unpaired) electrons. The molecule has 0 amide bonds. The Morgan fingerprint density at radius 1 is 1.05 bits per heavy atom. The summed E-state index contributed by atoms with van der Waals surface area (Å²) in [6.45, 7) is 2.07. The first-order valence-corrected chi connectivity index (χ1v) is 7.18. The monoisotopic (exact) mass is 284 g/mol. The number of carbonyl (C=O) groups excluding carboxylic acids is 1. The normalized spacial score (nSPS) is 10.2. The predicted octanol–water partition coefficient (Wildman–Crippen LogP) is 4.86. The summed E-state index contributed by atoms with van der Waals surface area (Å²) in [5.41, 5.74) is 0.583. The minimum absolute atomic E-state index is 0.0900. The smallest absolute Gasteiger partial charge is 0.166 e. The van der Waals surface area contributed by atoms with E-state index >= 15 is 0 Å². The zero-order chi connectivity index (χ0) is 15.1. The first-order chi connectivity index (χ1) is 10.2. The molecule has 0 spiro atoms. The number of para-hydroxylation sites is 1. The molecule has 2 aromatic rings. The number of rotatable bonds is 7. The number of benzene rings is 2. The lowest BCUT2D eigenvalue weighted by atomic mass is 10.0. The van der Waals surface area contributed by atoms with Gasteiger partial charge in [-0.25, -0.2) is 0 Å². The van der Waals surface area contributed by atoms with E-state index in [1.165, 1.54) is 0 Å². The lowest BCUT2D eigenvalue weighted by Gasteiger charge is -2.11. The van der Waals surface area contributed by atoms with E-state index < -0.39 is 0 Å². The molecule has 0 heterocycles. The summed E-state index contributed by atoms with van der Waals surface area (Å²) in [7, 11) is 1.57. The van der Waals surface area contributed by atoms with E-state index in [0.29, 0.717) is 23.5 Å². The molecule has 0 saturated carbocycles. The molecule has 0 N–H and O–H groups in total. The Kier molecular flexibility index (Phi) is 5.38. The largest absolute Gasteiger partial charge is 0.496 e. The highest BCUT2D eigenvalue weighted by atomic mass is 16.5. The maximum absolute atomic E-state index is 12.3. The Balaban J connectivity index is 2.22. The van der Waals surface area contributed by atoms with Crippen LogP contribution in [0.3, 0.4) is 0 Å². The Bertz CT molecular complexity index is 591. The van der Waals surface area contributed by atoms with E-state index in [2.05, 4.69) is 6.92 Å². The molecule has 0 fully saturated rings. The summed E-state index contributed by atoms with van der Waals surface area (Å²) in [4.78, 5) is 12.3. The Morgan fingerprint density at radius 3 is 2.48 bits per heavy atom. The highest BCUT2D eigenvalue weighted by Crippen LogP contribution is 2.28. The van der Waals surface area contributed by atoms with Crippen LogP contribution in [0.15, 0.2) is 48.5 Å². The van der Waals surface area contributed by atoms with E-state index in [9.17, 15) is 4.79 Å². The molecular weight excluding hydrogens is 264 g/mol. The topological polar surface area (TPSA) is 35.5 Å². The van der Waals surface area contributed by atoms with Crippen molar-refractivity contribution in [2.24, 2.45) is 0 Å². The van der Waals surface area contributed by atoms with Crippen LogP contribution in [-0.2, 0) is 0 Å². The number of methoxy groups -OCH3 is 1. The fourth-order valence-electron chi connectivity index (χ4n) is 2.07. The van der Waals surface area contributed by atoms with Crippen molar-refractivity contribution in [1.29, 1.82) is 0 Å². The van der Waals surface area contributed by atoms with Gasteiger partial charge in [-0.1, -0.05) is 31.5 Å². The van der Waals surface area contributed by atoms with Gasteiger partial charge in [-0.05, 0) is 36.8 Å². The second-order valence-corrected chi connectivity index (χ2v) is 4.80. The lowest BCUT2D eigenvalue weighted by molar-refractivity contribution is 0.0976. The van der Waals surface area contributed by atoms with Gasteiger partial charge in [0.2, 0.25) is 0 Å². The van der Waals surface area contributed by atoms with E-state index in [-0.39, 0.29) is 5.78 Å². The molecule has 2 rings (SSSR count). The van der Waals surface area contributed by atoms with E-state index in [4.69, 9.17) is 9.47 Å². The Hall–Kier alpha value is -2.29. The van der Waals surface area contributed by atoms with Gasteiger partial charge in [0.25, 0.3) is 0 Å². The molecule has 110 valence electrons. The summed E-state index contributed by atoms with van der Waals surface area (Å²) in [5.74, 6) is 2.07. The molecule has 3 heteroatoms. The number of carbonyl (C=O) groups is 1. The summed E-state index contributed by atoms with van der Waals surface area (Å²) in [6.07, 6.45) is 2.40. The predicted molar refractivity (Wildman–Crippen MR) is 83.4 cm³/mol. The van der Waals surface area contributed by atoms with E-state index in [0.717, 1.165) is 18.6 Å². The van der Waals surface area contributed by atoms with Crippen molar-refractivity contribution >= 4 is 5.78 Å². The molecule has 0 aliphatic carbocycles. The third kappa shape index (κ3) is 4.09. The van der Waals surface area contributed by atoms with Crippen LogP contribution in [0.1, 0.15) is 36.5 Å². The summed E-state index contributed by atoms with van der Waals surface area (Å²) in [5, 5.41) is 0. The number of hydrogen-bond donors (Lipinski definition) is 0. The van der Waals surface area contributed by atoms with E-state index in [1.807, 2.05) is 36.4 Å². The first kappa shape index (κ1) is 15.1. The second kappa shape index (κ2) is 7.48. The average Bonchev–Trinajstić information content (AvgIpc) is 2.53. The molecule has 0 bridgehead atoms. The van der Waals surface area contributed by atoms with Gasteiger partial charge < -0.3 is 9.47 Å². The van der Waals surface area contributed by atoms with Crippen molar-refractivity contribution in [2.45, 2.75) is 26.2 Å². The van der Waals surface area contributed by atoms with Crippen molar-refractivity contribution in [1.82, 2.24) is 0 Å². The summed E-state index contributed by atoms with van der Waals surface area (Å²) in [6, 6.07) is 14.8. The van der Waals surface area contributed by atoms with Crippen LogP contribution < -0.4 is 9.47 Å². The van der Waals surface area contributed by atoms with Gasteiger partial charge in [0.05, 0.1) is 12.7 Å². The molecule has 2 aromatic carbocycles. The number of hydrogen-bond acceptors (Lipinski definition) is 3. The zero-order valence-corrected chi connectivity index (χ0v) is 12.5. The molecule has 3 nitrogen and oxygen atoms in total. The molecule has 0 aliphatic rings. The fraction of sp³-hybridized carbons (Fsp3) is 0.278. The van der Waals surface area contributed by atoms with Crippen LogP contribution in [0.25, 0.3) is 0 Å². The van der Waals surface area contributed by atoms with Crippen molar-refractivity contribution in [2.75, 3.05) is 7.11 Å². The number of Topliss-reactive ketones (excluding diaryl/α,β-unsaturated/α-hetero) is 1. The quantitative estimate of drug-likeness (QED) is 0.681. The standard InChI is InChI=1S/C18H20O3/c1-3-4-10-17(19)16-13-15(11-12-18(16)20-2)21-14-8-6-5-7-9-14/h5-9,11-13H,3-4,10H2,1-2H3. The average molecular weight is 284 g/mol. The highest BCUT2D eigenvalue weighted by Gasteiger charge is 2.13. The molecule has 0 unspecified atom stereocenters. The van der Waals surface area contributed by atoms with Gasteiger partial charge in [-0.15, -0.1) is 0 Å². The van der Waals surface area contributed by atoms with Crippen molar-refractivity contribution in [3.63, 3.8) is 0 Å². The van der Waals surface area contributed by atoms with Crippen LogP contribution >= 0.6 is 0 Å². The van der Waals surface area contributed by atoms with Crippen molar-refractivity contribution in [3.05, 3.63) is 54.1 Å². The minimum atomic E-state index is 0.0900. The second-order valence-electron chi connectivity index (χ2n) is 4.80. The molecule has 21 heavy (non-hydrogen) atoms. The molecule has 0 atom stereocenters. The Labute approximate surface area is 125 Å². The number of ketones is 1. The van der Waals surface area contributed by atoms with Crippen LogP contribution in [-0.4, -0.2) is 12.9 Å². The maximum atomic E-state index is 12.3. The minimum Gasteiger partial charge on any atom is -0.496 e. The maximum Gasteiger partial charge on any atom is 0.166 e. The van der Waals surface area contributed by atoms with Crippen molar-refractivity contribution in [3.8, 4) is 17.2 Å². The van der Waals surface area contributed by atoms with Crippen LogP contribution in [0, 0.1) is 0 Å².